The molecule has 0 spiro atoms. The lowest BCUT2D eigenvalue weighted by Crippen LogP contribution is -2.40. The van der Waals surface area contributed by atoms with Crippen molar-refractivity contribution < 1.29 is 60.4 Å². The molecule has 61 heavy (non-hydrogen) atoms. The molecule has 4 heterocycles. The lowest BCUT2D eigenvalue weighted by Gasteiger charge is -2.28. The number of terminal acetylenes is 1. The van der Waals surface area contributed by atoms with Crippen LogP contribution in [-0.2, 0) is 38.1 Å². The number of benzene rings is 2. The van der Waals surface area contributed by atoms with Gasteiger partial charge in [0.2, 0.25) is 9.81 Å². The number of hydrogen-bond donors (Lipinski definition) is 3. The number of amides is 2. The normalized spacial score (nSPS) is 15.8. The molecular formula is C37H42F5N8O8PS2. The number of carbonyl (C=O) groups is 3. The van der Waals surface area contributed by atoms with Crippen molar-refractivity contribution in [1.29, 1.82) is 0 Å². The third kappa shape index (κ3) is 13.6. The van der Waals surface area contributed by atoms with Crippen molar-refractivity contribution in [2.45, 2.75) is 65.3 Å². The maximum absolute atomic E-state index is 14.5. The minimum Gasteiger partial charge on any atom is -0.481 e. The van der Waals surface area contributed by atoms with Gasteiger partial charge in [0, 0.05) is 55.1 Å². The van der Waals surface area contributed by atoms with E-state index in [1.165, 1.54) is 64.4 Å². The first-order valence-electron chi connectivity index (χ1n) is 18.1. The van der Waals surface area contributed by atoms with E-state index >= 15 is 0 Å². The van der Waals surface area contributed by atoms with Gasteiger partial charge in [0.25, 0.3) is 17.0 Å². The Labute approximate surface area is 354 Å². The molecule has 0 saturated heterocycles. The van der Waals surface area contributed by atoms with Crippen LogP contribution in [0.1, 0.15) is 44.9 Å². The fraction of sp³-hybridized carbons (Fsp3) is 0.432. The molecule has 2 amide bonds. The van der Waals surface area contributed by atoms with E-state index in [0.29, 0.717) is 21.9 Å². The number of ether oxygens (including phenoxy) is 2. The van der Waals surface area contributed by atoms with E-state index in [-0.39, 0.29) is 65.3 Å². The molecule has 24 heteroatoms. The van der Waals surface area contributed by atoms with Crippen LogP contribution in [0.4, 0.5) is 39.0 Å². The Bertz CT molecular complexity index is 2370. The second kappa shape index (κ2) is 20.1. The standard InChI is InChI=1S/C18H17FN4O2S.C14H13F4N3O2S.C5H12NO4P/c1-4-5-22-13-7-12(11(19)6-14(13)25-9-16(22)24)20-17-23-10-18(2,3)8-15(23)21-26-17;1-8(2)21(10-5-3-9(15)4-6-10)11(22)7-23-13-20-19-12(24-13)14(16,17)18;1-11(9,10)3-2-4(6)5(7)8/h1,6-7H,5,8-10H2,2-3H3;3-6,8H,7H2,1-2H3;4H,2-3,6H2,1H3,(H,7,8)(H,9,10). The van der Waals surface area contributed by atoms with Crippen LogP contribution in [0.2, 0.25) is 0 Å². The van der Waals surface area contributed by atoms with Crippen molar-refractivity contribution in [3.8, 4) is 23.3 Å². The van der Waals surface area contributed by atoms with Gasteiger partial charge in [-0.05, 0) is 56.0 Å². The molecule has 0 aliphatic carbocycles. The highest BCUT2D eigenvalue weighted by Crippen LogP contribution is 2.38. The molecule has 2 atom stereocenters. The van der Waals surface area contributed by atoms with Gasteiger partial charge < -0.3 is 34.7 Å². The number of aliphatic carboxylic acids is 1. The number of nitrogens with zero attached hydrogens (tertiary/aromatic N) is 7. The van der Waals surface area contributed by atoms with Crippen LogP contribution >= 0.6 is 30.2 Å². The van der Waals surface area contributed by atoms with Crippen LogP contribution in [0.5, 0.6) is 10.9 Å². The number of carboxylic acids is 1. The fourth-order valence-electron chi connectivity index (χ4n) is 5.66. The van der Waals surface area contributed by atoms with E-state index in [1.807, 2.05) is 4.57 Å². The molecular weight excluding hydrogens is 875 g/mol. The number of anilines is 2. The third-order valence-corrected chi connectivity index (χ3v) is 11.2. The zero-order valence-corrected chi connectivity index (χ0v) is 35.9. The summed E-state index contributed by atoms with van der Waals surface area (Å²) in [5.74, 6) is 0.837. The zero-order chi connectivity index (χ0) is 45.4. The number of nitrogens with two attached hydrogens (primary N) is 1. The summed E-state index contributed by atoms with van der Waals surface area (Å²) in [6.07, 6.45) is 1.61. The van der Waals surface area contributed by atoms with Gasteiger partial charge >= 0.3 is 12.1 Å². The lowest BCUT2D eigenvalue weighted by atomic mass is 9.92. The van der Waals surface area contributed by atoms with Gasteiger partial charge in [0.15, 0.2) is 26.4 Å². The summed E-state index contributed by atoms with van der Waals surface area (Å²) < 4.78 is 92.3. The molecule has 0 fully saturated rings. The van der Waals surface area contributed by atoms with Crippen molar-refractivity contribution in [1.82, 2.24) is 19.1 Å². The molecule has 0 bridgehead atoms. The summed E-state index contributed by atoms with van der Waals surface area (Å²) in [5.41, 5.74) is 6.22. The number of carbonyl (C=O) groups excluding carboxylic acids is 2. The number of halogens is 5. The quantitative estimate of drug-likeness (QED) is 0.0972. The fourth-order valence-corrected chi connectivity index (χ4v) is 7.73. The Balaban J connectivity index is 0.000000218. The highest BCUT2D eigenvalue weighted by Gasteiger charge is 2.36. The Morgan fingerprint density at radius 3 is 2.44 bits per heavy atom. The van der Waals surface area contributed by atoms with E-state index in [9.17, 15) is 40.9 Å². The second-order valence-corrected chi connectivity index (χ2v) is 18.9. The van der Waals surface area contributed by atoms with E-state index in [0.717, 1.165) is 18.8 Å². The molecule has 4 N–H and O–H groups in total. The van der Waals surface area contributed by atoms with Crippen molar-refractivity contribution in [3.05, 3.63) is 63.7 Å². The van der Waals surface area contributed by atoms with Crippen molar-refractivity contribution in [2.75, 3.05) is 42.4 Å². The first kappa shape index (κ1) is 48.4. The Morgan fingerprint density at radius 2 is 1.87 bits per heavy atom. The molecule has 2 aromatic carbocycles. The van der Waals surface area contributed by atoms with Crippen molar-refractivity contribution in [3.63, 3.8) is 0 Å². The molecule has 0 radical (unpaired) electrons. The molecule has 4 aromatic rings. The zero-order valence-electron chi connectivity index (χ0n) is 33.4. The minimum absolute atomic E-state index is 0.0412. The summed E-state index contributed by atoms with van der Waals surface area (Å²) >= 11 is 1.45. The Morgan fingerprint density at radius 1 is 1.20 bits per heavy atom. The largest absolute Gasteiger partial charge is 0.481 e. The highest BCUT2D eigenvalue weighted by molar-refractivity contribution is 7.57. The number of hydrogen-bond acceptors (Lipinski definition) is 13. The third-order valence-electron chi connectivity index (χ3n) is 8.47. The predicted octanol–water partition coefficient (Wildman–Crippen LogP) is 5.46. The average molecular weight is 917 g/mol. The van der Waals surface area contributed by atoms with Gasteiger partial charge in [-0.3, -0.25) is 23.8 Å². The van der Waals surface area contributed by atoms with E-state index in [4.69, 9.17) is 31.6 Å². The molecule has 16 nitrogen and oxygen atoms in total. The molecule has 2 aliphatic rings. The van der Waals surface area contributed by atoms with Gasteiger partial charge in [-0.25, -0.2) is 13.8 Å². The number of rotatable bonds is 11. The summed E-state index contributed by atoms with van der Waals surface area (Å²) in [7, 11) is -3.10. The van der Waals surface area contributed by atoms with E-state index < -0.39 is 54.7 Å². The predicted molar refractivity (Wildman–Crippen MR) is 216 cm³/mol. The highest BCUT2D eigenvalue weighted by atomic mass is 32.1. The molecule has 2 aromatic heterocycles. The summed E-state index contributed by atoms with van der Waals surface area (Å²) in [4.78, 5) is 51.1. The maximum Gasteiger partial charge on any atom is 0.445 e. The van der Waals surface area contributed by atoms with E-state index in [1.54, 1.807) is 13.8 Å². The first-order chi connectivity index (χ1) is 28.4. The summed E-state index contributed by atoms with van der Waals surface area (Å²) in [5, 5.41) is 13.0. The number of fused-ring (bicyclic) bond motifs is 2. The first-order valence-corrected chi connectivity index (χ1v) is 22.0. The molecule has 330 valence electrons. The lowest BCUT2D eigenvalue weighted by molar-refractivity contribution is -0.139. The second-order valence-electron chi connectivity index (χ2n) is 14.7. The van der Waals surface area contributed by atoms with Gasteiger partial charge in [-0.2, -0.15) is 17.5 Å². The Kier molecular flexibility index (Phi) is 15.9. The number of alkyl halides is 3. The monoisotopic (exact) mass is 916 g/mol. The van der Waals surface area contributed by atoms with E-state index in [2.05, 4.69) is 39.3 Å². The van der Waals surface area contributed by atoms with Crippen LogP contribution in [0.15, 0.2) is 41.4 Å². The number of carboxylic acid groups (broad SMARTS) is 1. The molecule has 0 saturated carbocycles. The van der Waals surface area contributed by atoms with Crippen molar-refractivity contribution >= 4 is 65.1 Å². The average Bonchev–Trinajstić information content (AvgIpc) is 3.87. The molecule has 6 rings (SSSR count). The van der Waals surface area contributed by atoms with Crippen molar-refractivity contribution in [2.24, 2.45) is 16.1 Å². The minimum atomic E-state index is -4.61. The van der Waals surface area contributed by atoms with Crippen LogP contribution in [0.25, 0.3) is 0 Å². The van der Waals surface area contributed by atoms with Gasteiger partial charge in [0.05, 0.1) is 12.2 Å². The van der Waals surface area contributed by atoms with Gasteiger partial charge in [-0.1, -0.05) is 36.2 Å². The van der Waals surface area contributed by atoms with Gasteiger partial charge in [-0.15, -0.1) is 11.5 Å². The summed E-state index contributed by atoms with van der Waals surface area (Å²) in [6.45, 7) is 9.21. The molecule has 2 unspecified atom stereocenters. The van der Waals surface area contributed by atoms with Crippen LogP contribution in [0.3, 0.4) is 0 Å². The smallest absolute Gasteiger partial charge is 0.445 e. The maximum atomic E-state index is 14.5. The summed E-state index contributed by atoms with van der Waals surface area (Å²) in [6, 6.07) is 6.74. The van der Waals surface area contributed by atoms with Gasteiger partial charge in [0.1, 0.15) is 29.1 Å². The van der Waals surface area contributed by atoms with Crippen LogP contribution in [0, 0.1) is 29.4 Å². The van der Waals surface area contributed by atoms with Crippen LogP contribution < -0.4 is 29.8 Å². The SMILES string of the molecule is C#CCN1C(=O)COc2cc(F)c(N=c3snc4n3CC(C)(C)C4)cc21.CC(C)N(C(=O)COc1nnc(C(F)(F)F)s1)c1ccc(F)cc1.CP(=O)(O)CCC(N)C(=O)O. The topological polar surface area (TPSA) is 216 Å². The Hall–Kier alpha value is -5.27. The van der Waals surface area contributed by atoms with Crippen LogP contribution in [-0.4, -0.2) is 91.6 Å². The molecule has 2 aliphatic heterocycles. The number of aromatic nitrogens is 4.